The van der Waals surface area contributed by atoms with Crippen molar-refractivity contribution in [3.63, 3.8) is 0 Å². The van der Waals surface area contributed by atoms with Gasteiger partial charge in [0, 0.05) is 10.8 Å². The van der Waals surface area contributed by atoms with Gasteiger partial charge in [0.15, 0.2) is 0 Å². The van der Waals surface area contributed by atoms with Gasteiger partial charge in [0.25, 0.3) is 0 Å². The Kier molecular flexibility index (Phi) is 6.19. The highest BCUT2D eigenvalue weighted by atomic mass is 16.5. The van der Waals surface area contributed by atoms with Gasteiger partial charge in [-0.3, -0.25) is 4.79 Å². The fraction of sp³-hybridized carbons (Fsp3) is 0.455. The van der Waals surface area contributed by atoms with Crippen LogP contribution in [0.2, 0.25) is 0 Å². The molecule has 0 amide bonds. The Morgan fingerprint density at radius 1 is 1.32 bits per heavy atom. The number of carbonyl (C=O) groups excluding carboxylic acids is 1. The second-order valence-corrected chi connectivity index (χ2v) is 7.42. The summed E-state index contributed by atoms with van der Waals surface area (Å²) >= 11 is 0. The topological polar surface area (TPSA) is 85.1 Å². The van der Waals surface area contributed by atoms with Crippen LogP contribution in [-0.4, -0.2) is 41.4 Å². The molecule has 3 rings (SSSR count). The number of fused-ring (bicyclic) bond motifs is 1. The lowest BCUT2D eigenvalue weighted by molar-refractivity contribution is -0.674. The van der Waals surface area contributed by atoms with Crippen molar-refractivity contribution in [2.24, 2.45) is 5.41 Å². The first-order valence-electron chi connectivity index (χ1n) is 10.0. The molecule has 1 aromatic carbocycles. The third kappa shape index (κ3) is 3.97. The third-order valence-corrected chi connectivity index (χ3v) is 5.73. The molecule has 1 aromatic heterocycles. The van der Waals surface area contributed by atoms with Crippen LogP contribution in [0.1, 0.15) is 44.4 Å². The molecule has 0 aliphatic carbocycles. The predicted molar refractivity (Wildman–Crippen MR) is 108 cm³/mol. The van der Waals surface area contributed by atoms with Crippen molar-refractivity contribution in [2.75, 3.05) is 19.7 Å². The molecule has 1 aliphatic rings. The van der Waals surface area contributed by atoms with E-state index in [0.29, 0.717) is 16.8 Å². The zero-order valence-corrected chi connectivity index (χ0v) is 16.6. The second-order valence-electron chi connectivity index (χ2n) is 7.42. The lowest BCUT2D eigenvalue weighted by atomic mass is 9.78. The molecule has 1 fully saturated rings. The average molecular weight is 385 g/mol. The van der Waals surface area contributed by atoms with Crippen LogP contribution in [-0.2, 0) is 16.0 Å². The van der Waals surface area contributed by atoms with Crippen LogP contribution in [0.3, 0.4) is 0 Å². The molecule has 6 nitrogen and oxygen atoms in total. The van der Waals surface area contributed by atoms with E-state index in [2.05, 4.69) is 18.3 Å². The largest absolute Gasteiger partial charge is 0.481 e. The van der Waals surface area contributed by atoms with Gasteiger partial charge in [-0.25, -0.2) is 9.36 Å². The van der Waals surface area contributed by atoms with Crippen LogP contribution in [0.5, 0.6) is 0 Å². The Balaban J connectivity index is 2.17. The minimum absolute atomic E-state index is 0.0642. The zero-order valence-electron chi connectivity index (χ0n) is 16.6. The van der Waals surface area contributed by atoms with Crippen LogP contribution < -0.4 is 5.32 Å². The maximum Gasteiger partial charge on any atom is 0.418 e. The highest BCUT2D eigenvalue weighted by Crippen LogP contribution is 2.33. The number of rotatable bonds is 6. The van der Waals surface area contributed by atoms with E-state index < -0.39 is 12.1 Å². The van der Waals surface area contributed by atoms with Gasteiger partial charge in [-0.15, -0.1) is 0 Å². The summed E-state index contributed by atoms with van der Waals surface area (Å²) in [5.41, 5.74) is 2.01. The van der Waals surface area contributed by atoms with Crippen molar-refractivity contribution in [1.29, 1.82) is 0 Å². The molecule has 2 aromatic rings. The number of carboxylic acid groups (broad SMARTS) is 1. The highest BCUT2D eigenvalue weighted by molar-refractivity contribution is 5.97. The van der Waals surface area contributed by atoms with E-state index in [-0.39, 0.29) is 18.4 Å². The number of nitrogens with zero attached hydrogens (tertiary/aromatic N) is 1. The fourth-order valence-corrected chi connectivity index (χ4v) is 4.16. The number of aromatic nitrogens is 1. The Hall–Kier alpha value is -2.60. The highest BCUT2D eigenvalue weighted by Gasteiger charge is 2.31. The summed E-state index contributed by atoms with van der Waals surface area (Å²) in [5, 5.41) is 12.6. The lowest BCUT2D eigenvalue weighted by Gasteiger charge is -2.31. The summed E-state index contributed by atoms with van der Waals surface area (Å²) in [7, 11) is 0. The number of ether oxygens (including phenoxy) is 1. The summed E-state index contributed by atoms with van der Waals surface area (Å²) in [4.78, 5) is 24.3. The second kappa shape index (κ2) is 8.61. The molecule has 0 saturated carbocycles. The van der Waals surface area contributed by atoms with Gasteiger partial charge in [0.2, 0.25) is 0 Å². The molecule has 3 N–H and O–H groups in total. The zero-order chi connectivity index (χ0) is 20.1. The van der Waals surface area contributed by atoms with E-state index in [4.69, 9.17) is 4.74 Å². The van der Waals surface area contributed by atoms with E-state index in [1.807, 2.05) is 30.3 Å². The number of para-hydroxylation sites is 1. The molecular weight excluding hydrogens is 356 g/mol. The summed E-state index contributed by atoms with van der Waals surface area (Å²) in [5.74, 6) is -0.919. The fourth-order valence-electron chi connectivity index (χ4n) is 4.16. The molecule has 1 atom stereocenters. The van der Waals surface area contributed by atoms with Gasteiger partial charge < -0.3 is 15.2 Å². The van der Waals surface area contributed by atoms with Gasteiger partial charge in [-0.1, -0.05) is 31.2 Å². The maximum absolute atomic E-state index is 12.7. The van der Waals surface area contributed by atoms with E-state index in [1.165, 1.54) is 4.57 Å². The van der Waals surface area contributed by atoms with E-state index >= 15 is 0 Å². The van der Waals surface area contributed by atoms with Crippen LogP contribution in [0.4, 0.5) is 4.79 Å². The van der Waals surface area contributed by atoms with Crippen molar-refractivity contribution >= 4 is 29.0 Å². The molecule has 0 radical (unpaired) electrons. The number of carbonyl (C=O) groups is 2. The predicted octanol–water partition coefficient (Wildman–Crippen LogP) is 3.04. The van der Waals surface area contributed by atoms with Crippen molar-refractivity contribution in [2.45, 2.75) is 39.5 Å². The number of hydrogen-bond acceptors (Lipinski definition) is 3. The Morgan fingerprint density at radius 2 is 2.11 bits per heavy atom. The Labute approximate surface area is 165 Å². The standard InChI is InChI=1S/C22H28N2O4/c1-3-22(11-7-13-23-15-22)12-10-19-17(14-20(25)26)16-8-5-6-9-18(16)24(19)21(27)28-4-2/h5-6,8-10,12,23H,3-4,7,11,13-15H2,1-2H3,(H,25,26)/p+1/b12-10-. The molecule has 0 spiro atoms. The molecule has 0 bridgehead atoms. The normalized spacial score (nSPS) is 19.9. The van der Waals surface area contributed by atoms with E-state index in [1.54, 1.807) is 6.92 Å². The average Bonchev–Trinajstić information content (AvgIpc) is 3.00. The monoisotopic (exact) mass is 385 g/mol. The van der Waals surface area contributed by atoms with Crippen LogP contribution in [0.25, 0.3) is 17.0 Å². The molecule has 150 valence electrons. The summed E-state index contributed by atoms with van der Waals surface area (Å²) < 4.78 is 6.79. The van der Waals surface area contributed by atoms with Crippen LogP contribution in [0.15, 0.2) is 30.3 Å². The summed E-state index contributed by atoms with van der Waals surface area (Å²) in [6, 6.07) is 7.41. The van der Waals surface area contributed by atoms with Crippen LogP contribution in [0, 0.1) is 5.41 Å². The number of piperidine rings is 1. The molecule has 28 heavy (non-hydrogen) atoms. The molecule has 1 unspecified atom stereocenters. The Bertz CT molecular complexity index is 891. The molecule has 1 saturated heterocycles. The molecule has 1 aliphatic heterocycles. The SMILES string of the molecule is CCOC(=O)n1c(/C=C\C2(CC)CCC[NH2+]C2)c(CC(=O)O)c2ccccc21. The van der Waals surface area contributed by atoms with Crippen molar-refractivity contribution in [3.8, 4) is 0 Å². The van der Waals surface area contributed by atoms with Crippen molar-refractivity contribution in [3.05, 3.63) is 41.6 Å². The molecular formula is C22H29N2O4+. The number of nitrogens with two attached hydrogens (primary N) is 1. The van der Waals surface area contributed by atoms with E-state index in [0.717, 1.165) is 37.7 Å². The summed E-state index contributed by atoms with van der Waals surface area (Å²) in [6.07, 6.45) is 6.77. The third-order valence-electron chi connectivity index (χ3n) is 5.73. The van der Waals surface area contributed by atoms with Crippen molar-refractivity contribution < 1.29 is 24.7 Å². The Morgan fingerprint density at radius 3 is 2.75 bits per heavy atom. The first-order valence-corrected chi connectivity index (χ1v) is 10.0. The van der Waals surface area contributed by atoms with Gasteiger partial charge in [0.05, 0.1) is 37.3 Å². The molecule has 6 heteroatoms. The lowest BCUT2D eigenvalue weighted by Crippen LogP contribution is -2.88. The number of quaternary nitrogens is 1. The smallest absolute Gasteiger partial charge is 0.418 e. The number of aliphatic carboxylic acids is 1. The number of carboxylic acids is 1. The van der Waals surface area contributed by atoms with Gasteiger partial charge in [-0.2, -0.15) is 0 Å². The first kappa shape index (κ1) is 20.1. The van der Waals surface area contributed by atoms with E-state index in [9.17, 15) is 14.7 Å². The number of hydrogen-bond donors (Lipinski definition) is 2. The summed E-state index contributed by atoms with van der Waals surface area (Å²) in [6.45, 7) is 6.36. The first-order chi connectivity index (χ1) is 13.5. The van der Waals surface area contributed by atoms with Gasteiger partial charge in [0.1, 0.15) is 0 Å². The minimum Gasteiger partial charge on any atom is -0.481 e. The number of benzene rings is 1. The van der Waals surface area contributed by atoms with Crippen molar-refractivity contribution in [1.82, 2.24) is 4.57 Å². The van der Waals surface area contributed by atoms with Gasteiger partial charge >= 0.3 is 12.1 Å². The quantitative estimate of drug-likeness (QED) is 0.800. The minimum atomic E-state index is -0.919. The molecule has 2 heterocycles. The van der Waals surface area contributed by atoms with Crippen LogP contribution >= 0.6 is 0 Å². The van der Waals surface area contributed by atoms with Gasteiger partial charge in [-0.05, 0) is 43.9 Å². The maximum atomic E-state index is 12.7.